The van der Waals surface area contributed by atoms with Gasteiger partial charge in [-0.1, -0.05) is 23.7 Å². The van der Waals surface area contributed by atoms with Gasteiger partial charge in [-0.25, -0.2) is 0 Å². The molecule has 2 amide bonds. The van der Waals surface area contributed by atoms with Gasteiger partial charge in [-0.2, -0.15) is 0 Å². The van der Waals surface area contributed by atoms with E-state index in [1.807, 2.05) is 11.9 Å². The van der Waals surface area contributed by atoms with E-state index in [-0.39, 0.29) is 12.5 Å². The zero-order valence-corrected chi connectivity index (χ0v) is 12.9. The van der Waals surface area contributed by atoms with Crippen LogP contribution in [-0.4, -0.2) is 50.6 Å². The van der Waals surface area contributed by atoms with Gasteiger partial charge in [-0.15, -0.1) is 0 Å². The Morgan fingerprint density at radius 2 is 2.00 bits per heavy atom. The molecule has 21 heavy (non-hydrogen) atoms. The van der Waals surface area contributed by atoms with Crippen molar-refractivity contribution in [1.82, 2.24) is 15.8 Å². The third kappa shape index (κ3) is 6.57. The Morgan fingerprint density at radius 3 is 2.67 bits per heavy atom. The number of amides is 2. The molecule has 6 nitrogen and oxygen atoms in total. The fourth-order valence-electron chi connectivity index (χ4n) is 1.68. The lowest BCUT2D eigenvalue weighted by Gasteiger charge is -2.16. The zero-order valence-electron chi connectivity index (χ0n) is 12.2. The van der Waals surface area contributed by atoms with Crippen LogP contribution in [0.15, 0.2) is 24.3 Å². The van der Waals surface area contributed by atoms with Crippen LogP contribution in [0.4, 0.5) is 0 Å². The van der Waals surface area contributed by atoms with E-state index in [2.05, 4.69) is 10.9 Å². The molecule has 1 aromatic rings. The molecule has 0 radical (unpaired) electrons. The van der Waals surface area contributed by atoms with Crippen LogP contribution >= 0.6 is 11.6 Å². The molecule has 0 aliphatic carbocycles. The van der Waals surface area contributed by atoms with Gasteiger partial charge < -0.3 is 4.74 Å². The molecule has 0 saturated carbocycles. The number of carbonyl (C=O) groups is 2. The minimum atomic E-state index is -0.448. The number of hydrogen-bond acceptors (Lipinski definition) is 4. The Balaban J connectivity index is 2.33. The van der Waals surface area contributed by atoms with E-state index >= 15 is 0 Å². The van der Waals surface area contributed by atoms with E-state index in [0.29, 0.717) is 17.2 Å². The fourth-order valence-corrected chi connectivity index (χ4v) is 1.90. The Hall–Kier alpha value is -1.63. The number of rotatable bonds is 7. The highest BCUT2D eigenvalue weighted by Gasteiger charge is 2.11. The van der Waals surface area contributed by atoms with Crippen molar-refractivity contribution in [2.75, 3.05) is 33.9 Å². The first-order valence-corrected chi connectivity index (χ1v) is 6.93. The Morgan fingerprint density at radius 1 is 1.29 bits per heavy atom. The number of hydrazine groups is 1. The minimum absolute atomic E-state index is 0.187. The van der Waals surface area contributed by atoms with Gasteiger partial charge >= 0.3 is 0 Å². The standard InChI is InChI=1S/C14H20ClN3O3/c1-18(8-5-9-21-2)10-13(19)16-17-14(20)11-6-3-4-7-12(11)15/h3-4,6-7H,5,8-10H2,1-2H3,(H,16,19)(H,17,20). The largest absolute Gasteiger partial charge is 0.385 e. The molecule has 0 aliphatic heterocycles. The molecule has 116 valence electrons. The van der Waals surface area contributed by atoms with Crippen molar-refractivity contribution in [1.29, 1.82) is 0 Å². The number of benzene rings is 1. The molecule has 1 aromatic carbocycles. The second kappa shape index (κ2) is 9.33. The highest BCUT2D eigenvalue weighted by Crippen LogP contribution is 2.13. The van der Waals surface area contributed by atoms with Gasteiger partial charge in [0.05, 0.1) is 17.1 Å². The molecule has 0 fully saturated rings. The van der Waals surface area contributed by atoms with Gasteiger partial charge in [0.2, 0.25) is 0 Å². The van der Waals surface area contributed by atoms with Gasteiger partial charge in [-0.3, -0.25) is 25.3 Å². The van der Waals surface area contributed by atoms with Crippen LogP contribution in [0.2, 0.25) is 5.02 Å². The first kappa shape index (κ1) is 17.4. The quantitative estimate of drug-likeness (QED) is 0.583. The summed E-state index contributed by atoms with van der Waals surface area (Å²) in [6, 6.07) is 6.63. The van der Waals surface area contributed by atoms with Crippen molar-refractivity contribution in [2.45, 2.75) is 6.42 Å². The number of nitrogens with one attached hydrogen (secondary N) is 2. The lowest BCUT2D eigenvalue weighted by atomic mass is 10.2. The highest BCUT2D eigenvalue weighted by atomic mass is 35.5. The van der Waals surface area contributed by atoms with Crippen molar-refractivity contribution in [3.8, 4) is 0 Å². The van der Waals surface area contributed by atoms with E-state index in [4.69, 9.17) is 16.3 Å². The van der Waals surface area contributed by atoms with Crippen LogP contribution in [0.25, 0.3) is 0 Å². The molecule has 0 aliphatic rings. The summed E-state index contributed by atoms with van der Waals surface area (Å²) >= 11 is 5.90. The van der Waals surface area contributed by atoms with E-state index in [9.17, 15) is 9.59 Å². The lowest BCUT2D eigenvalue weighted by molar-refractivity contribution is -0.122. The van der Waals surface area contributed by atoms with E-state index in [1.54, 1.807) is 31.4 Å². The topological polar surface area (TPSA) is 70.7 Å². The SMILES string of the molecule is COCCCN(C)CC(=O)NNC(=O)c1ccccc1Cl. The number of carbonyl (C=O) groups excluding carboxylic acids is 2. The van der Waals surface area contributed by atoms with Gasteiger partial charge in [0, 0.05) is 20.3 Å². The average molecular weight is 314 g/mol. The molecule has 0 heterocycles. The summed E-state index contributed by atoms with van der Waals surface area (Å²) < 4.78 is 4.94. The van der Waals surface area contributed by atoms with Crippen LogP contribution in [0.3, 0.4) is 0 Å². The molecule has 1 rings (SSSR count). The normalized spacial score (nSPS) is 10.5. The fraction of sp³-hybridized carbons (Fsp3) is 0.429. The number of halogens is 1. The van der Waals surface area contributed by atoms with Crippen LogP contribution in [-0.2, 0) is 9.53 Å². The van der Waals surface area contributed by atoms with Gasteiger partial charge in [0.1, 0.15) is 0 Å². The van der Waals surface area contributed by atoms with Crippen LogP contribution in [0.1, 0.15) is 16.8 Å². The van der Waals surface area contributed by atoms with Crippen LogP contribution in [0.5, 0.6) is 0 Å². The molecule has 2 N–H and O–H groups in total. The van der Waals surface area contributed by atoms with Gasteiger partial charge in [0.25, 0.3) is 11.8 Å². The second-order valence-corrected chi connectivity index (χ2v) is 4.97. The van der Waals surface area contributed by atoms with E-state index < -0.39 is 5.91 Å². The third-order valence-electron chi connectivity index (χ3n) is 2.74. The summed E-state index contributed by atoms with van der Waals surface area (Å²) in [6.07, 6.45) is 0.840. The Labute approximate surface area is 129 Å². The maximum Gasteiger partial charge on any atom is 0.271 e. The second-order valence-electron chi connectivity index (χ2n) is 4.57. The van der Waals surface area contributed by atoms with Gasteiger partial charge in [-0.05, 0) is 25.6 Å². The summed E-state index contributed by atoms with van der Waals surface area (Å²) in [5.74, 6) is -0.744. The zero-order chi connectivity index (χ0) is 15.7. The molecule has 0 bridgehead atoms. The van der Waals surface area contributed by atoms with Gasteiger partial charge in [0.15, 0.2) is 0 Å². The van der Waals surface area contributed by atoms with E-state index in [0.717, 1.165) is 13.0 Å². The molecule has 0 spiro atoms. The number of nitrogens with zero attached hydrogens (tertiary/aromatic N) is 1. The first-order valence-electron chi connectivity index (χ1n) is 6.55. The average Bonchev–Trinajstić information content (AvgIpc) is 2.45. The predicted octanol–water partition coefficient (Wildman–Crippen LogP) is 1.07. The number of ether oxygens (including phenoxy) is 1. The van der Waals surface area contributed by atoms with Crippen LogP contribution < -0.4 is 10.9 Å². The van der Waals surface area contributed by atoms with E-state index in [1.165, 1.54) is 0 Å². The summed E-state index contributed by atoms with van der Waals surface area (Å²) in [7, 11) is 3.46. The maximum atomic E-state index is 11.8. The molecule has 0 unspecified atom stereocenters. The van der Waals surface area contributed by atoms with Crippen molar-refractivity contribution >= 4 is 23.4 Å². The van der Waals surface area contributed by atoms with Crippen molar-refractivity contribution in [3.63, 3.8) is 0 Å². The Kier molecular flexibility index (Phi) is 7.74. The van der Waals surface area contributed by atoms with Crippen molar-refractivity contribution in [2.24, 2.45) is 0 Å². The first-order chi connectivity index (χ1) is 10.0. The summed E-state index contributed by atoms with van der Waals surface area (Å²) in [5.41, 5.74) is 5.01. The highest BCUT2D eigenvalue weighted by molar-refractivity contribution is 6.33. The monoisotopic (exact) mass is 313 g/mol. The molecule has 0 atom stereocenters. The summed E-state index contributed by atoms with van der Waals surface area (Å²) in [4.78, 5) is 25.3. The predicted molar refractivity (Wildman–Crippen MR) is 81.1 cm³/mol. The van der Waals surface area contributed by atoms with Crippen molar-refractivity contribution < 1.29 is 14.3 Å². The van der Waals surface area contributed by atoms with Crippen LogP contribution in [0, 0.1) is 0 Å². The summed E-state index contributed by atoms with van der Waals surface area (Å²) in [6.45, 7) is 1.57. The smallest absolute Gasteiger partial charge is 0.271 e. The molecular formula is C14H20ClN3O3. The van der Waals surface area contributed by atoms with Crippen molar-refractivity contribution in [3.05, 3.63) is 34.9 Å². The molecule has 0 aromatic heterocycles. The number of methoxy groups -OCH3 is 1. The molecule has 7 heteroatoms. The molecular weight excluding hydrogens is 294 g/mol. The minimum Gasteiger partial charge on any atom is -0.385 e. The number of likely N-dealkylation sites (N-methyl/N-ethyl adjacent to an activating group) is 1. The number of hydrogen-bond donors (Lipinski definition) is 2. The maximum absolute atomic E-state index is 11.8. The molecule has 0 saturated heterocycles. The third-order valence-corrected chi connectivity index (χ3v) is 3.07. The Bertz CT molecular complexity index is 482. The summed E-state index contributed by atoms with van der Waals surface area (Å²) in [5, 5.41) is 0.334. The lowest BCUT2D eigenvalue weighted by Crippen LogP contribution is -2.46.